The van der Waals surface area contributed by atoms with Crippen LogP contribution in [-0.2, 0) is 16.6 Å². The minimum atomic E-state index is -3.41. The number of hydrogen-bond donors (Lipinski definition) is 1. The first-order valence-corrected chi connectivity index (χ1v) is 9.06. The maximum Gasteiger partial charge on any atom is 0.243 e. The molecule has 1 saturated heterocycles. The lowest BCUT2D eigenvalue weighted by atomic mass is 10.0. The predicted molar refractivity (Wildman–Crippen MR) is 85.8 cm³/mol. The second kappa shape index (κ2) is 6.07. The molecule has 0 aliphatic carbocycles. The van der Waals surface area contributed by atoms with E-state index in [1.54, 1.807) is 10.4 Å². The molecule has 0 atom stereocenters. The molecule has 1 aromatic carbocycles. The van der Waals surface area contributed by atoms with Crippen molar-refractivity contribution in [3.8, 4) is 0 Å². The molecular formula is C16H26N2O2S. The van der Waals surface area contributed by atoms with Crippen molar-refractivity contribution >= 4 is 10.0 Å². The molecule has 4 nitrogen and oxygen atoms in total. The van der Waals surface area contributed by atoms with Crippen LogP contribution < -0.4 is 5.32 Å². The fourth-order valence-electron chi connectivity index (χ4n) is 2.91. The Morgan fingerprint density at radius 1 is 1.33 bits per heavy atom. The van der Waals surface area contributed by atoms with E-state index in [1.165, 1.54) is 0 Å². The van der Waals surface area contributed by atoms with E-state index in [2.05, 4.69) is 5.32 Å². The van der Waals surface area contributed by atoms with Gasteiger partial charge in [-0.15, -0.1) is 0 Å². The number of nitrogens with one attached hydrogen (secondary N) is 1. The van der Waals surface area contributed by atoms with Crippen LogP contribution in [0.1, 0.15) is 44.7 Å². The van der Waals surface area contributed by atoms with Crippen molar-refractivity contribution in [2.45, 2.75) is 57.5 Å². The van der Waals surface area contributed by atoms with E-state index < -0.39 is 10.0 Å². The molecule has 1 N–H and O–H groups in total. The minimum absolute atomic E-state index is 0.286. The highest BCUT2D eigenvalue weighted by molar-refractivity contribution is 7.89. The summed E-state index contributed by atoms with van der Waals surface area (Å²) in [6.45, 7) is 10.3. The van der Waals surface area contributed by atoms with Gasteiger partial charge in [-0.1, -0.05) is 13.0 Å². The third-order valence-electron chi connectivity index (χ3n) is 4.30. The molecule has 1 aliphatic heterocycles. The molecule has 5 heteroatoms. The first kappa shape index (κ1) is 16.5. The van der Waals surface area contributed by atoms with Gasteiger partial charge < -0.3 is 5.32 Å². The van der Waals surface area contributed by atoms with Gasteiger partial charge in [-0.25, -0.2) is 8.42 Å². The molecule has 0 saturated carbocycles. The SMILES string of the molecule is CCNCc1cc(S(=O)(=O)N2CCCC2(C)C)ccc1C. The van der Waals surface area contributed by atoms with Crippen LogP contribution in [0.5, 0.6) is 0 Å². The molecular weight excluding hydrogens is 284 g/mol. The largest absolute Gasteiger partial charge is 0.313 e. The summed E-state index contributed by atoms with van der Waals surface area (Å²) in [5.74, 6) is 0. The van der Waals surface area contributed by atoms with Crippen LogP contribution in [0.2, 0.25) is 0 Å². The van der Waals surface area contributed by atoms with Gasteiger partial charge in [0, 0.05) is 18.6 Å². The Kier molecular flexibility index (Phi) is 4.76. The topological polar surface area (TPSA) is 49.4 Å². The van der Waals surface area contributed by atoms with E-state index in [0.717, 1.165) is 30.5 Å². The first-order chi connectivity index (χ1) is 9.79. The smallest absolute Gasteiger partial charge is 0.243 e. The average molecular weight is 310 g/mol. The predicted octanol–water partition coefficient (Wildman–Crippen LogP) is 2.67. The second-order valence-corrected chi connectivity index (χ2v) is 8.22. The molecule has 2 rings (SSSR count). The molecule has 1 fully saturated rings. The first-order valence-electron chi connectivity index (χ1n) is 7.62. The third kappa shape index (κ3) is 3.30. The molecule has 118 valence electrons. The fraction of sp³-hybridized carbons (Fsp3) is 0.625. The van der Waals surface area contributed by atoms with Gasteiger partial charge in [-0.3, -0.25) is 0 Å². The summed E-state index contributed by atoms with van der Waals surface area (Å²) in [6, 6.07) is 5.46. The molecule has 0 radical (unpaired) electrons. The van der Waals surface area contributed by atoms with Crippen LogP contribution >= 0.6 is 0 Å². The van der Waals surface area contributed by atoms with Crippen molar-refractivity contribution in [3.63, 3.8) is 0 Å². The van der Waals surface area contributed by atoms with Crippen molar-refractivity contribution in [3.05, 3.63) is 29.3 Å². The summed E-state index contributed by atoms with van der Waals surface area (Å²) in [6.07, 6.45) is 1.85. The van der Waals surface area contributed by atoms with Crippen LogP contribution in [0.4, 0.5) is 0 Å². The van der Waals surface area contributed by atoms with Crippen molar-refractivity contribution in [2.75, 3.05) is 13.1 Å². The maximum absolute atomic E-state index is 12.9. The van der Waals surface area contributed by atoms with Crippen molar-refractivity contribution < 1.29 is 8.42 Å². The molecule has 0 bridgehead atoms. The normalized spacial score (nSPS) is 19.0. The van der Waals surface area contributed by atoms with E-state index in [4.69, 9.17) is 0 Å². The fourth-order valence-corrected chi connectivity index (χ4v) is 4.81. The molecule has 21 heavy (non-hydrogen) atoms. The summed E-state index contributed by atoms with van der Waals surface area (Å²) in [5, 5.41) is 3.26. The van der Waals surface area contributed by atoms with Gasteiger partial charge in [0.25, 0.3) is 0 Å². The number of benzene rings is 1. The summed E-state index contributed by atoms with van der Waals surface area (Å²) in [5.41, 5.74) is 1.89. The molecule has 0 unspecified atom stereocenters. The Morgan fingerprint density at radius 2 is 2.05 bits per heavy atom. The summed E-state index contributed by atoms with van der Waals surface area (Å²) < 4.78 is 27.4. The van der Waals surface area contributed by atoms with Crippen molar-refractivity contribution in [2.24, 2.45) is 0 Å². The minimum Gasteiger partial charge on any atom is -0.313 e. The summed E-state index contributed by atoms with van der Waals surface area (Å²) >= 11 is 0. The lowest BCUT2D eigenvalue weighted by Gasteiger charge is -2.30. The highest BCUT2D eigenvalue weighted by Gasteiger charge is 2.40. The number of sulfonamides is 1. The van der Waals surface area contributed by atoms with Crippen LogP contribution in [-0.4, -0.2) is 31.4 Å². The molecule has 0 aromatic heterocycles. The standard InChI is InChI=1S/C16H26N2O2S/c1-5-17-12-14-11-15(8-7-13(14)2)21(19,20)18-10-6-9-16(18,3)4/h7-8,11,17H,5-6,9-10,12H2,1-4H3. The summed E-state index contributed by atoms with van der Waals surface area (Å²) in [4.78, 5) is 0.413. The number of hydrogen-bond acceptors (Lipinski definition) is 3. The Morgan fingerprint density at radius 3 is 2.62 bits per heavy atom. The molecule has 0 amide bonds. The van der Waals surface area contributed by atoms with Gasteiger partial charge in [0.2, 0.25) is 10.0 Å². The van der Waals surface area contributed by atoms with E-state index in [1.807, 2.05) is 39.8 Å². The molecule has 1 aliphatic rings. The monoisotopic (exact) mass is 310 g/mol. The van der Waals surface area contributed by atoms with Crippen LogP contribution in [0.15, 0.2) is 23.1 Å². The van der Waals surface area contributed by atoms with Gasteiger partial charge >= 0.3 is 0 Å². The Labute approximate surface area is 128 Å². The van der Waals surface area contributed by atoms with Gasteiger partial charge in [-0.05, 0) is 63.4 Å². The summed E-state index contributed by atoms with van der Waals surface area (Å²) in [7, 11) is -3.41. The van der Waals surface area contributed by atoms with Gasteiger partial charge in [0.15, 0.2) is 0 Å². The molecule has 1 aromatic rings. The lowest BCUT2D eigenvalue weighted by molar-refractivity contribution is 0.291. The van der Waals surface area contributed by atoms with E-state index in [-0.39, 0.29) is 5.54 Å². The van der Waals surface area contributed by atoms with E-state index in [9.17, 15) is 8.42 Å². The maximum atomic E-state index is 12.9. The van der Waals surface area contributed by atoms with Crippen LogP contribution in [0.3, 0.4) is 0 Å². The Bertz CT molecular complexity index is 609. The average Bonchev–Trinajstić information content (AvgIpc) is 2.78. The molecule has 1 heterocycles. The third-order valence-corrected chi connectivity index (χ3v) is 6.41. The van der Waals surface area contributed by atoms with Crippen LogP contribution in [0, 0.1) is 6.92 Å². The number of rotatable bonds is 5. The van der Waals surface area contributed by atoms with Gasteiger partial charge in [-0.2, -0.15) is 4.31 Å². The van der Waals surface area contributed by atoms with E-state index in [0.29, 0.717) is 18.0 Å². The number of nitrogens with zero attached hydrogens (tertiary/aromatic N) is 1. The highest BCUT2D eigenvalue weighted by atomic mass is 32.2. The molecule has 0 spiro atoms. The zero-order valence-corrected chi connectivity index (χ0v) is 14.3. The van der Waals surface area contributed by atoms with Crippen molar-refractivity contribution in [1.82, 2.24) is 9.62 Å². The Hall–Kier alpha value is -0.910. The second-order valence-electron chi connectivity index (χ2n) is 6.36. The van der Waals surface area contributed by atoms with Gasteiger partial charge in [0.05, 0.1) is 4.90 Å². The van der Waals surface area contributed by atoms with Gasteiger partial charge in [0.1, 0.15) is 0 Å². The highest BCUT2D eigenvalue weighted by Crippen LogP contribution is 2.34. The zero-order chi connectivity index (χ0) is 15.7. The van der Waals surface area contributed by atoms with Crippen LogP contribution in [0.25, 0.3) is 0 Å². The van der Waals surface area contributed by atoms with E-state index >= 15 is 0 Å². The quantitative estimate of drug-likeness (QED) is 0.909. The lowest BCUT2D eigenvalue weighted by Crippen LogP contribution is -2.42. The van der Waals surface area contributed by atoms with Crippen molar-refractivity contribution in [1.29, 1.82) is 0 Å². The number of aryl methyl sites for hydroxylation is 1. The Balaban J connectivity index is 2.36. The zero-order valence-electron chi connectivity index (χ0n) is 13.4.